The number of benzene rings is 1. The predicted molar refractivity (Wildman–Crippen MR) is 60.4 cm³/mol. The first-order valence-electron chi connectivity index (χ1n) is 4.92. The molecule has 2 aliphatic rings. The second-order valence-electron chi connectivity index (χ2n) is 3.65. The zero-order valence-corrected chi connectivity index (χ0v) is 9.69. The number of nitrogens with one attached hydrogen (secondary N) is 1. The number of hydrogen-bond acceptors (Lipinski definition) is 4. The van der Waals surface area contributed by atoms with Gasteiger partial charge in [-0.15, -0.1) is 0 Å². The summed E-state index contributed by atoms with van der Waals surface area (Å²) in [5, 5.41) is 0. The first-order valence-corrected chi connectivity index (χ1v) is 5.71. The van der Waals surface area contributed by atoms with Gasteiger partial charge in [0.1, 0.15) is 11.5 Å². The molecule has 0 saturated heterocycles. The first-order chi connectivity index (χ1) is 7.33. The SMILES string of the molecule is NNc1c2c(c(Br)c3c1OCC3)OCC2. The van der Waals surface area contributed by atoms with Crippen LogP contribution in [0.4, 0.5) is 5.69 Å². The van der Waals surface area contributed by atoms with Gasteiger partial charge in [-0.2, -0.15) is 0 Å². The third-order valence-electron chi connectivity index (χ3n) is 2.88. The summed E-state index contributed by atoms with van der Waals surface area (Å²) in [4.78, 5) is 0. The summed E-state index contributed by atoms with van der Waals surface area (Å²) < 4.78 is 12.2. The fourth-order valence-electron chi connectivity index (χ4n) is 2.21. The Morgan fingerprint density at radius 2 is 1.73 bits per heavy atom. The number of ether oxygens (including phenoxy) is 2. The Balaban J connectivity index is 2.31. The summed E-state index contributed by atoms with van der Waals surface area (Å²) >= 11 is 3.57. The van der Waals surface area contributed by atoms with E-state index >= 15 is 0 Å². The summed E-state index contributed by atoms with van der Waals surface area (Å²) in [6.45, 7) is 1.43. The van der Waals surface area contributed by atoms with Gasteiger partial charge in [-0.05, 0) is 15.9 Å². The van der Waals surface area contributed by atoms with Crippen LogP contribution in [0.5, 0.6) is 11.5 Å². The van der Waals surface area contributed by atoms with Crippen molar-refractivity contribution in [2.75, 3.05) is 18.6 Å². The van der Waals surface area contributed by atoms with Crippen LogP contribution in [0.25, 0.3) is 0 Å². The van der Waals surface area contributed by atoms with Crippen LogP contribution in [0.2, 0.25) is 0 Å². The highest BCUT2D eigenvalue weighted by atomic mass is 79.9. The maximum absolute atomic E-state index is 5.60. The quantitative estimate of drug-likeness (QED) is 0.601. The Morgan fingerprint density at radius 1 is 1.07 bits per heavy atom. The van der Waals surface area contributed by atoms with Crippen LogP contribution in [0.3, 0.4) is 0 Å². The Bertz CT molecular complexity index is 399. The average molecular weight is 271 g/mol. The van der Waals surface area contributed by atoms with Crippen molar-refractivity contribution in [1.29, 1.82) is 0 Å². The van der Waals surface area contributed by atoms with Crippen LogP contribution in [0.1, 0.15) is 11.1 Å². The smallest absolute Gasteiger partial charge is 0.148 e. The second-order valence-corrected chi connectivity index (χ2v) is 4.44. The molecule has 0 spiro atoms. The maximum Gasteiger partial charge on any atom is 0.148 e. The van der Waals surface area contributed by atoms with E-state index in [1.807, 2.05) is 0 Å². The Morgan fingerprint density at radius 3 is 2.47 bits per heavy atom. The van der Waals surface area contributed by atoms with Crippen LogP contribution in [-0.2, 0) is 12.8 Å². The van der Waals surface area contributed by atoms with Crippen molar-refractivity contribution >= 4 is 21.6 Å². The number of rotatable bonds is 1. The molecule has 0 aliphatic carbocycles. The van der Waals surface area contributed by atoms with Gasteiger partial charge in [-0.1, -0.05) is 0 Å². The molecule has 0 fully saturated rings. The first kappa shape index (κ1) is 9.30. The number of nitrogens with two attached hydrogens (primary N) is 1. The van der Waals surface area contributed by atoms with Crippen molar-refractivity contribution in [3.63, 3.8) is 0 Å². The monoisotopic (exact) mass is 270 g/mol. The highest BCUT2D eigenvalue weighted by Crippen LogP contribution is 2.49. The van der Waals surface area contributed by atoms with Gasteiger partial charge in [0.05, 0.1) is 23.4 Å². The van der Waals surface area contributed by atoms with Crippen molar-refractivity contribution in [2.45, 2.75) is 12.8 Å². The van der Waals surface area contributed by atoms with Crippen LogP contribution in [0, 0.1) is 0 Å². The number of halogens is 1. The molecule has 3 rings (SSSR count). The third-order valence-corrected chi connectivity index (χ3v) is 3.72. The highest BCUT2D eigenvalue weighted by Gasteiger charge is 2.30. The highest BCUT2D eigenvalue weighted by molar-refractivity contribution is 9.10. The molecule has 1 aromatic carbocycles. The van der Waals surface area contributed by atoms with Crippen LogP contribution >= 0.6 is 15.9 Å². The van der Waals surface area contributed by atoms with Gasteiger partial charge in [0.25, 0.3) is 0 Å². The van der Waals surface area contributed by atoms with Gasteiger partial charge in [0, 0.05) is 24.0 Å². The lowest BCUT2D eigenvalue weighted by atomic mass is 10.0. The molecule has 2 heterocycles. The van der Waals surface area contributed by atoms with Gasteiger partial charge < -0.3 is 14.9 Å². The number of hydrazine groups is 1. The lowest BCUT2D eigenvalue weighted by Crippen LogP contribution is -2.10. The number of anilines is 1. The number of nitrogen functional groups attached to an aromatic ring is 1. The number of hydrogen-bond donors (Lipinski definition) is 2. The van der Waals surface area contributed by atoms with Crippen LogP contribution in [0.15, 0.2) is 4.47 Å². The Kier molecular flexibility index (Phi) is 2.03. The van der Waals surface area contributed by atoms with Crippen molar-refractivity contribution in [2.24, 2.45) is 5.84 Å². The van der Waals surface area contributed by atoms with E-state index in [2.05, 4.69) is 21.4 Å². The average Bonchev–Trinajstić information content (AvgIpc) is 2.85. The van der Waals surface area contributed by atoms with Crippen molar-refractivity contribution in [3.05, 3.63) is 15.6 Å². The normalized spacial score (nSPS) is 16.7. The van der Waals surface area contributed by atoms with Crippen molar-refractivity contribution in [1.82, 2.24) is 0 Å². The minimum absolute atomic E-state index is 0.714. The van der Waals surface area contributed by atoms with E-state index in [1.54, 1.807) is 0 Å². The molecule has 1 aromatic rings. The van der Waals surface area contributed by atoms with Crippen molar-refractivity contribution < 1.29 is 9.47 Å². The fourth-order valence-corrected chi connectivity index (χ4v) is 2.94. The largest absolute Gasteiger partial charge is 0.492 e. The molecule has 15 heavy (non-hydrogen) atoms. The molecule has 4 nitrogen and oxygen atoms in total. The summed E-state index contributed by atoms with van der Waals surface area (Å²) in [6, 6.07) is 0. The van der Waals surface area contributed by atoms with Crippen LogP contribution in [-0.4, -0.2) is 13.2 Å². The predicted octanol–water partition coefficient (Wildman–Crippen LogP) is 1.60. The molecule has 3 N–H and O–H groups in total. The molecule has 0 atom stereocenters. The van der Waals surface area contributed by atoms with Gasteiger partial charge in [-0.3, -0.25) is 5.84 Å². The zero-order chi connectivity index (χ0) is 10.4. The fraction of sp³-hybridized carbons (Fsp3) is 0.400. The van der Waals surface area contributed by atoms with Gasteiger partial charge in [-0.25, -0.2) is 0 Å². The maximum atomic E-state index is 5.60. The number of fused-ring (bicyclic) bond motifs is 2. The summed E-state index contributed by atoms with van der Waals surface area (Å²) in [5.41, 5.74) is 5.89. The lowest BCUT2D eigenvalue weighted by Gasteiger charge is -2.13. The molecule has 2 aliphatic heterocycles. The summed E-state index contributed by atoms with van der Waals surface area (Å²) in [7, 11) is 0. The minimum Gasteiger partial charge on any atom is -0.492 e. The van der Waals surface area contributed by atoms with Gasteiger partial charge in [0.15, 0.2) is 0 Å². The molecule has 0 radical (unpaired) electrons. The summed E-state index contributed by atoms with van der Waals surface area (Å²) in [6.07, 6.45) is 1.78. The van der Waals surface area contributed by atoms with Crippen molar-refractivity contribution in [3.8, 4) is 11.5 Å². The molecule has 0 aromatic heterocycles. The van der Waals surface area contributed by atoms with E-state index in [-0.39, 0.29) is 0 Å². The molecule has 0 saturated carbocycles. The van der Waals surface area contributed by atoms with E-state index in [0.717, 1.165) is 45.6 Å². The molecule has 5 heteroatoms. The molecular weight excluding hydrogens is 260 g/mol. The topological polar surface area (TPSA) is 56.5 Å². The van der Waals surface area contributed by atoms with E-state index in [0.29, 0.717) is 13.2 Å². The van der Waals surface area contributed by atoms with E-state index in [4.69, 9.17) is 15.3 Å². The molecular formula is C10H11BrN2O2. The van der Waals surface area contributed by atoms with Crippen LogP contribution < -0.4 is 20.7 Å². The van der Waals surface area contributed by atoms with Gasteiger partial charge >= 0.3 is 0 Å². The molecule has 0 amide bonds. The van der Waals surface area contributed by atoms with E-state index in [9.17, 15) is 0 Å². The van der Waals surface area contributed by atoms with E-state index < -0.39 is 0 Å². The summed E-state index contributed by atoms with van der Waals surface area (Å²) in [5.74, 6) is 7.35. The zero-order valence-electron chi connectivity index (χ0n) is 8.10. The lowest BCUT2D eigenvalue weighted by molar-refractivity contribution is 0.354. The minimum atomic E-state index is 0.714. The second kappa shape index (κ2) is 3.28. The molecule has 0 unspecified atom stereocenters. The molecule has 80 valence electrons. The third kappa shape index (κ3) is 1.16. The standard InChI is InChI=1S/C10H11BrN2O2/c11-7-5-1-3-15-10(5)8(13-12)6-2-4-14-9(6)7/h13H,1-4,12H2. The van der Waals surface area contributed by atoms with Gasteiger partial charge in [0.2, 0.25) is 0 Å². The Hall–Kier alpha value is -0.940. The molecule has 0 bridgehead atoms. The Labute approximate surface area is 95.8 Å². The van der Waals surface area contributed by atoms with E-state index in [1.165, 1.54) is 0 Å².